The molecule has 2 aliphatic rings. The molecule has 1 amide bonds. The van der Waals surface area contributed by atoms with E-state index in [1.165, 1.54) is 30.3 Å². The first kappa shape index (κ1) is 13.4. The first-order chi connectivity index (χ1) is 9.72. The van der Waals surface area contributed by atoms with E-state index in [1.807, 2.05) is 0 Å². The maximum atomic E-state index is 13.1. The molecular formula is C15H15FN2OS. The van der Waals surface area contributed by atoms with Gasteiger partial charge in [-0.05, 0) is 54.8 Å². The van der Waals surface area contributed by atoms with E-state index in [0.29, 0.717) is 10.5 Å². The summed E-state index contributed by atoms with van der Waals surface area (Å²) in [6, 6.07) is 6.22. The number of benzene rings is 1. The van der Waals surface area contributed by atoms with Crippen LogP contribution >= 0.6 is 11.8 Å². The molecule has 0 unspecified atom stereocenters. The monoisotopic (exact) mass is 290 g/mol. The number of aliphatic imine (C=N–C) groups is 1. The number of halogens is 1. The zero-order chi connectivity index (χ0) is 13.9. The van der Waals surface area contributed by atoms with Crippen molar-refractivity contribution in [2.75, 3.05) is 13.1 Å². The van der Waals surface area contributed by atoms with Gasteiger partial charge in [0.05, 0.1) is 4.91 Å². The Morgan fingerprint density at radius 1 is 1.25 bits per heavy atom. The van der Waals surface area contributed by atoms with Gasteiger partial charge in [-0.25, -0.2) is 4.39 Å². The molecule has 0 saturated carbocycles. The molecule has 5 heteroatoms. The summed E-state index contributed by atoms with van der Waals surface area (Å²) in [7, 11) is 0. The zero-order valence-corrected chi connectivity index (χ0v) is 11.8. The summed E-state index contributed by atoms with van der Waals surface area (Å²) in [5, 5.41) is 0.789. The van der Waals surface area contributed by atoms with Crippen LogP contribution in [0.3, 0.4) is 0 Å². The maximum absolute atomic E-state index is 13.1. The van der Waals surface area contributed by atoms with Crippen LogP contribution in [0.15, 0.2) is 34.2 Å². The van der Waals surface area contributed by atoms with Gasteiger partial charge in [0.1, 0.15) is 5.82 Å². The number of amidine groups is 1. The first-order valence-electron chi connectivity index (χ1n) is 6.75. The molecule has 1 aromatic carbocycles. The van der Waals surface area contributed by atoms with Gasteiger partial charge in [0.2, 0.25) is 0 Å². The molecule has 3 rings (SSSR count). The molecule has 0 bridgehead atoms. The van der Waals surface area contributed by atoms with Gasteiger partial charge in [0, 0.05) is 13.1 Å². The molecule has 104 valence electrons. The first-order valence-corrected chi connectivity index (χ1v) is 7.57. The average Bonchev–Trinajstić information content (AvgIpc) is 2.81. The van der Waals surface area contributed by atoms with Crippen molar-refractivity contribution in [3.63, 3.8) is 0 Å². The third kappa shape index (κ3) is 2.93. The van der Waals surface area contributed by atoms with Gasteiger partial charge in [-0.3, -0.25) is 4.79 Å². The number of carbonyl (C=O) groups excluding carboxylic acids is 1. The molecule has 0 N–H and O–H groups in total. The van der Waals surface area contributed by atoms with Crippen LogP contribution in [0.2, 0.25) is 0 Å². The van der Waals surface area contributed by atoms with E-state index in [0.717, 1.165) is 31.1 Å². The van der Waals surface area contributed by atoms with E-state index in [-0.39, 0.29) is 11.7 Å². The quantitative estimate of drug-likeness (QED) is 0.744. The van der Waals surface area contributed by atoms with Gasteiger partial charge in [-0.15, -0.1) is 0 Å². The fourth-order valence-corrected chi connectivity index (χ4v) is 3.33. The number of carbonyl (C=O) groups is 1. The van der Waals surface area contributed by atoms with Crippen molar-refractivity contribution >= 4 is 28.9 Å². The van der Waals surface area contributed by atoms with E-state index < -0.39 is 0 Å². The molecule has 0 aromatic heterocycles. The minimum atomic E-state index is -0.299. The highest BCUT2D eigenvalue weighted by Crippen LogP contribution is 2.31. The molecular weight excluding hydrogens is 275 g/mol. The van der Waals surface area contributed by atoms with E-state index in [4.69, 9.17) is 0 Å². The average molecular weight is 290 g/mol. The Morgan fingerprint density at radius 3 is 2.80 bits per heavy atom. The highest BCUT2D eigenvalue weighted by atomic mass is 32.2. The summed E-state index contributed by atoms with van der Waals surface area (Å²) in [6.45, 7) is 1.93. The topological polar surface area (TPSA) is 32.7 Å². The van der Waals surface area contributed by atoms with Crippen molar-refractivity contribution in [1.82, 2.24) is 4.90 Å². The van der Waals surface area contributed by atoms with Crippen LogP contribution in [0.1, 0.15) is 24.8 Å². The third-order valence-corrected chi connectivity index (χ3v) is 4.43. The Kier molecular flexibility index (Phi) is 3.87. The second-order valence-electron chi connectivity index (χ2n) is 4.91. The van der Waals surface area contributed by atoms with Crippen molar-refractivity contribution in [2.45, 2.75) is 19.3 Å². The highest BCUT2D eigenvalue weighted by molar-refractivity contribution is 8.18. The van der Waals surface area contributed by atoms with Gasteiger partial charge in [0.15, 0.2) is 5.17 Å². The number of piperidine rings is 1. The molecule has 1 fully saturated rings. The van der Waals surface area contributed by atoms with E-state index >= 15 is 0 Å². The Hall–Kier alpha value is -1.62. The molecule has 0 radical (unpaired) electrons. The largest absolute Gasteiger partial charge is 0.351 e. The lowest BCUT2D eigenvalue weighted by Crippen LogP contribution is -2.33. The van der Waals surface area contributed by atoms with Gasteiger partial charge in [0.25, 0.3) is 5.91 Å². The van der Waals surface area contributed by atoms with Crippen LogP contribution < -0.4 is 0 Å². The predicted octanol–water partition coefficient (Wildman–Crippen LogP) is 3.28. The highest BCUT2D eigenvalue weighted by Gasteiger charge is 2.26. The number of hydrogen-bond acceptors (Lipinski definition) is 3. The van der Waals surface area contributed by atoms with Crippen molar-refractivity contribution in [2.24, 2.45) is 4.99 Å². The third-order valence-electron chi connectivity index (χ3n) is 3.38. The SMILES string of the molecule is O=C1N=C(N2CCCCC2)SC1=Cc1cccc(F)c1. The number of amides is 1. The lowest BCUT2D eigenvalue weighted by Gasteiger charge is -2.27. The van der Waals surface area contributed by atoms with Crippen LogP contribution in [0.25, 0.3) is 6.08 Å². The summed E-state index contributed by atoms with van der Waals surface area (Å²) in [5.41, 5.74) is 0.691. The smallest absolute Gasteiger partial charge is 0.286 e. The van der Waals surface area contributed by atoms with Crippen LogP contribution in [0.5, 0.6) is 0 Å². The summed E-state index contributed by atoms with van der Waals surface area (Å²) in [5.74, 6) is -0.521. The lowest BCUT2D eigenvalue weighted by atomic mass is 10.1. The fourth-order valence-electron chi connectivity index (χ4n) is 2.37. The van der Waals surface area contributed by atoms with Crippen molar-refractivity contribution in [3.05, 3.63) is 40.6 Å². The molecule has 20 heavy (non-hydrogen) atoms. The second-order valence-corrected chi connectivity index (χ2v) is 5.92. The fraction of sp³-hybridized carbons (Fsp3) is 0.333. The van der Waals surface area contributed by atoms with Gasteiger partial charge < -0.3 is 4.90 Å². The molecule has 2 heterocycles. The zero-order valence-electron chi connectivity index (χ0n) is 11.0. The number of nitrogens with zero attached hydrogens (tertiary/aromatic N) is 2. The van der Waals surface area contributed by atoms with E-state index in [9.17, 15) is 9.18 Å². The van der Waals surface area contributed by atoms with Crippen LogP contribution in [-0.4, -0.2) is 29.1 Å². The molecule has 1 saturated heterocycles. The molecule has 2 aliphatic heterocycles. The Balaban J connectivity index is 1.76. The van der Waals surface area contributed by atoms with Crippen molar-refractivity contribution in [1.29, 1.82) is 0 Å². The predicted molar refractivity (Wildman–Crippen MR) is 79.8 cm³/mol. The maximum Gasteiger partial charge on any atom is 0.286 e. The lowest BCUT2D eigenvalue weighted by molar-refractivity contribution is -0.113. The van der Waals surface area contributed by atoms with Crippen LogP contribution in [0, 0.1) is 5.82 Å². The summed E-state index contributed by atoms with van der Waals surface area (Å²) >= 11 is 1.39. The molecule has 0 atom stereocenters. The minimum absolute atomic E-state index is 0.222. The van der Waals surface area contributed by atoms with Crippen molar-refractivity contribution < 1.29 is 9.18 Å². The normalized spacial score (nSPS) is 21.4. The van der Waals surface area contributed by atoms with Crippen molar-refractivity contribution in [3.8, 4) is 0 Å². The number of thioether (sulfide) groups is 1. The molecule has 1 aromatic rings. The summed E-state index contributed by atoms with van der Waals surface area (Å²) in [4.78, 5) is 18.8. The standard InChI is InChI=1S/C15H15FN2OS/c16-12-6-4-5-11(9-12)10-13-14(19)17-15(20-13)18-7-2-1-3-8-18/h4-6,9-10H,1-3,7-8H2. The van der Waals surface area contributed by atoms with Gasteiger partial charge in [-0.2, -0.15) is 4.99 Å². The molecule has 0 aliphatic carbocycles. The van der Waals surface area contributed by atoms with E-state index in [2.05, 4.69) is 9.89 Å². The number of hydrogen-bond donors (Lipinski definition) is 0. The molecule has 3 nitrogen and oxygen atoms in total. The van der Waals surface area contributed by atoms with Gasteiger partial charge >= 0.3 is 0 Å². The van der Waals surface area contributed by atoms with Gasteiger partial charge in [-0.1, -0.05) is 12.1 Å². The minimum Gasteiger partial charge on any atom is -0.351 e. The number of rotatable bonds is 1. The summed E-state index contributed by atoms with van der Waals surface area (Å²) in [6.07, 6.45) is 5.25. The Labute approximate surface area is 121 Å². The van der Waals surface area contributed by atoms with E-state index in [1.54, 1.807) is 18.2 Å². The van der Waals surface area contributed by atoms with Crippen LogP contribution in [-0.2, 0) is 4.79 Å². The summed E-state index contributed by atoms with van der Waals surface area (Å²) < 4.78 is 13.1. The number of likely N-dealkylation sites (tertiary alicyclic amines) is 1. The van der Waals surface area contributed by atoms with Crippen LogP contribution in [0.4, 0.5) is 4.39 Å². The second kappa shape index (κ2) is 5.79. The Morgan fingerprint density at radius 2 is 2.05 bits per heavy atom. The Bertz CT molecular complexity index is 591. The molecule has 0 spiro atoms.